The number of benzene rings is 3. The Bertz CT molecular complexity index is 1810. The zero-order valence-electron chi connectivity index (χ0n) is 21.9. The van der Waals surface area contributed by atoms with Gasteiger partial charge in [0.2, 0.25) is 0 Å². The monoisotopic (exact) mass is 542 g/mol. The molecule has 0 amide bonds. The number of thiazole rings is 1. The Morgan fingerprint density at radius 2 is 1.82 bits per heavy atom. The molecule has 0 radical (unpaired) electrons. The molecule has 8 nitrogen and oxygen atoms in total. The van der Waals surface area contributed by atoms with Crippen molar-refractivity contribution in [1.82, 2.24) is 4.57 Å². The van der Waals surface area contributed by atoms with Crippen molar-refractivity contribution < 1.29 is 23.8 Å². The number of carbonyl (C=O) groups is 2. The fraction of sp³-hybridized carbons (Fsp3) is 0.200. The molecular formula is C30H26N2O6S. The number of carbonyl (C=O) groups excluding carboxylic acids is 2. The van der Waals surface area contributed by atoms with E-state index in [1.807, 2.05) is 36.4 Å². The maximum absolute atomic E-state index is 14.0. The van der Waals surface area contributed by atoms with E-state index in [2.05, 4.69) is 4.99 Å². The summed E-state index contributed by atoms with van der Waals surface area (Å²) in [5.41, 5.74) is 1.91. The molecule has 39 heavy (non-hydrogen) atoms. The van der Waals surface area contributed by atoms with Gasteiger partial charge in [-0.15, -0.1) is 0 Å². The molecule has 9 heteroatoms. The highest BCUT2D eigenvalue weighted by molar-refractivity contribution is 7.07. The zero-order valence-corrected chi connectivity index (χ0v) is 22.7. The number of esters is 2. The summed E-state index contributed by atoms with van der Waals surface area (Å²) in [7, 11) is 1.57. The third-order valence-electron chi connectivity index (χ3n) is 6.38. The summed E-state index contributed by atoms with van der Waals surface area (Å²) in [4.78, 5) is 43.7. The number of fused-ring (bicyclic) bond motifs is 2. The van der Waals surface area contributed by atoms with Crippen LogP contribution in [-0.2, 0) is 14.3 Å². The van der Waals surface area contributed by atoms with Crippen LogP contribution >= 0.6 is 11.3 Å². The van der Waals surface area contributed by atoms with E-state index in [4.69, 9.17) is 14.2 Å². The predicted molar refractivity (Wildman–Crippen MR) is 149 cm³/mol. The summed E-state index contributed by atoms with van der Waals surface area (Å²) in [6, 6.07) is 17.6. The van der Waals surface area contributed by atoms with Crippen LogP contribution in [0.4, 0.5) is 0 Å². The number of nitrogens with zero attached hydrogens (tertiary/aromatic N) is 2. The van der Waals surface area contributed by atoms with E-state index in [0.717, 1.165) is 16.3 Å². The molecule has 1 aliphatic rings. The van der Waals surface area contributed by atoms with Gasteiger partial charge in [-0.05, 0) is 54.5 Å². The van der Waals surface area contributed by atoms with Crippen LogP contribution in [0.15, 0.2) is 81.7 Å². The van der Waals surface area contributed by atoms with Crippen molar-refractivity contribution in [2.75, 3.05) is 13.7 Å². The van der Waals surface area contributed by atoms with Crippen LogP contribution in [0.2, 0.25) is 0 Å². The van der Waals surface area contributed by atoms with Gasteiger partial charge in [-0.3, -0.25) is 14.2 Å². The molecule has 0 bridgehead atoms. The van der Waals surface area contributed by atoms with Crippen LogP contribution in [0, 0.1) is 0 Å². The van der Waals surface area contributed by atoms with Gasteiger partial charge in [0.15, 0.2) is 4.80 Å². The van der Waals surface area contributed by atoms with Crippen molar-refractivity contribution in [1.29, 1.82) is 0 Å². The van der Waals surface area contributed by atoms with Crippen LogP contribution in [-0.4, -0.2) is 30.2 Å². The minimum Gasteiger partial charge on any atom is -0.496 e. The predicted octanol–water partition coefficient (Wildman–Crippen LogP) is 3.89. The van der Waals surface area contributed by atoms with Gasteiger partial charge in [-0.1, -0.05) is 53.8 Å². The fourth-order valence-corrected chi connectivity index (χ4v) is 5.80. The molecule has 0 saturated carbocycles. The van der Waals surface area contributed by atoms with Crippen molar-refractivity contribution in [2.45, 2.75) is 26.8 Å². The lowest BCUT2D eigenvalue weighted by Gasteiger charge is -2.27. The molecule has 1 atom stereocenters. The van der Waals surface area contributed by atoms with Gasteiger partial charge in [0.25, 0.3) is 5.56 Å². The Balaban J connectivity index is 1.76. The Hall–Kier alpha value is -4.50. The summed E-state index contributed by atoms with van der Waals surface area (Å²) in [6.07, 6.45) is 1.75. The minimum atomic E-state index is -0.810. The molecule has 0 spiro atoms. The Morgan fingerprint density at radius 3 is 2.51 bits per heavy atom. The summed E-state index contributed by atoms with van der Waals surface area (Å²) in [5.74, 6) is 0.0199. The van der Waals surface area contributed by atoms with E-state index in [9.17, 15) is 14.4 Å². The number of aromatic nitrogens is 1. The normalized spacial score (nSPS) is 15.1. The second kappa shape index (κ2) is 10.7. The fourth-order valence-electron chi connectivity index (χ4n) is 4.75. The summed E-state index contributed by atoms with van der Waals surface area (Å²) in [6.45, 7) is 5.01. The second-order valence-electron chi connectivity index (χ2n) is 8.87. The van der Waals surface area contributed by atoms with Crippen LogP contribution in [0.5, 0.6) is 11.5 Å². The van der Waals surface area contributed by atoms with Crippen molar-refractivity contribution in [2.24, 2.45) is 4.99 Å². The highest BCUT2D eigenvalue weighted by atomic mass is 32.1. The van der Waals surface area contributed by atoms with Gasteiger partial charge in [0, 0.05) is 12.5 Å². The maximum atomic E-state index is 14.0. The molecule has 198 valence electrons. The number of hydrogen-bond acceptors (Lipinski definition) is 8. The first-order valence-electron chi connectivity index (χ1n) is 12.4. The Kier molecular flexibility index (Phi) is 7.17. The highest BCUT2D eigenvalue weighted by Crippen LogP contribution is 2.40. The van der Waals surface area contributed by atoms with Crippen LogP contribution in [0.1, 0.15) is 37.9 Å². The quantitative estimate of drug-likeness (QED) is 0.271. The number of allylic oxidation sites excluding steroid dienone is 1. The van der Waals surface area contributed by atoms with Gasteiger partial charge >= 0.3 is 11.9 Å². The molecular weight excluding hydrogens is 516 g/mol. The lowest BCUT2D eigenvalue weighted by Crippen LogP contribution is -2.40. The maximum Gasteiger partial charge on any atom is 0.338 e. The summed E-state index contributed by atoms with van der Waals surface area (Å²) >= 11 is 1.24. The van der Waals surface area contributed by atoms with Crippen LogP contribution in [0.25, 0.3) is 16.8 Å². The van der Waals surface area contributed by atoms with Gasteiger partial charge in [-0.2, -0.15) is 0 Å². The molecule has 4 aromatic rings. The van der Waals surface area contributed by atoms with Gasteiger partial charge in [-0.25, -0.2) is 9.79 Å². The van der Waals surface area contributed by atoms with Crippen molar-refractivity contribution in [3.05, 3.63) is 103 Å². The van der Waals surface area contributed by atoms with E-state index in [-0.39, 0.29) is 17.7 Å². The molecule has 0 unspecified atom stereocenters. The largest absolute Gasteiger partial charge is 0.496 e. The standard InChI is InChI=1S/C30H26N2O6S/c1-5-37-29(35)25-17(2)31-30-32(27(25)26-22-9-7-6-8-20(22)12-15-23(26)36-4)28(34)24(39-30)16-19-10-13-21(14-11-19)38-18(3)33/h6-16,27H,5H2,1-4H3/b24-16-/t27-/m0/s1. The molecule has 1 aromatic heterocycles. The van der Waals surface area contributed by atoms with E-state index >= 15 is 0 Å². The third-order valence-corrected chi connectivity index (χ3v) is 7.36. The molecule has 5 rings (SSSR count). The SMILES string of the molecule is CCOC(=O)C1=C(C)N=c2s/c(=C\c3ccc(OC(C)=O)cc3)c(=O)n2[C@@H]1c1c(OC)ccc2ccccc12. The van der Waals surface area contributed by atoms with Crippen molar-refractivity contribution in [3.63, 3.8) is 0 Å². The van der Waals surface area contributed by atoms with Gasteiger partial charge in [0.05, 0.1) is 29.5 Å². The topological polar surface area (TPSA) is 96.2 Å². The van der Waals surface area contributed by atoms with Crippen molar-refractivity contribution in [3.8, 4) is 11.5 Å². The van der Waals surface area contributed by atoms with Crippen molar-refractivity contribution >= 4 is 40.1 Å². The van der Waals surface area contributed by atoms with E-state index in [1.165, 1.54) is 18.3 Å². The highest BCUT2D eigenvalue weighted by Gasteiger charge is 2.36. The summed E-state index contributed by atoms with van der Waals surface area (Å²) < 4.78 is 18.3. The van der Waals surface area contributed by atoms with Crippen LogP contribution < -0.4 is 24.4 Å². The summed E-state index contributed by atoms with van der Waals surface area (Å²) in [5, 5.41) is 1.80. The number of ether oxygens (including phenoxy) is 3. The molecule has 1 aliphatic heterocycles. The Morgan fingerprint density at radius 1 is 1.08 bits per heavy atom. The number of hydrogen-bond donors (Lipinski definition) is 0. The van der Waals surface area contributed by atoms with E-state index in [1.54, 1.807) is 55.9 Å². The molecule has 3 aromatic carbocycles. The third kappa shape index (κ3) is 4.88. The smallest absolute Gasteiger partial charge is 0.338 e. The molecule has 0 fully saturated rings. The minimum absolute atomic E-state index is 0.183. The Labute approximate surface area is 228 Å². The number of methoxy groups -OCH3 is 1. The molecule has 0 N–H and O–H groups in total. The first kappa shape index (κ1) is 26.1. The van der Waals surface area contributed by atoms with Crippen LogP contribution in [0.3, 0.4) is 0 Å². The van der Waals surface area contributed by atoms with Gasteiger partial charge < -0.3 is 14.2 Å². The lowest BCUT2D eigenvalue weighted by atomic mass is 9.90. The van der Waals surface area contributed by atoms with Gasteiger partial charge in [0.1, 0.15) is 17.5 Å². The first-order valence-corrected chi connectivity index (χ1v) is 13.2. The second-order valence-corrected chi connectivity index (χ2v) is 9.88. The van der Waals surface area contributed by atoms with E-state index in [0.29, 0.717) is 32.1 Å². The van der Waals surface area contributed by atoms with E-state index < -0.39 is 18.0 Å². The lowest BCUT2D eigenvalue weighted by molar-refractivity contribution is -0.139. The molecule has 2 heterocycles. The number of rotatable bonds is 6. The zero-order chi connectivity index (χ0) is 27.7. The molecule has 0 aliphatic carbocycles. The average molecular weight is 543 g/mol. The molecule has 0 saturated heterocycles. The first-order chi connectivity index (χ1) is 18.8. The average Bonchev–Trinajstić information content (AvgIpc) is 3.22.